The van der Waals surface area contributed by atoms with Crippen LogP contribution in [-0.2, 0) is 57.6 Å². The molecule has 0 unspecified atom stereocenters. The summed E-state index contributed by atoms with van der Waals surface area (Å²) in [5.41, 5.74) is 7.21. The van der Waals surface area contributed by atoms with Crippen LogP contribution in [0, 0.1) is 5.92 Å². The van der Waals surface area contributed by atoms with Crippen molar-refractivity contribution in [3.05, 3.63) is 120 Å². The Morgan fingerprint density at radius 2 is 1.54 bits per heavy atom. The van der Waals surface area contributed by atoms with Crippen molar-refractivity contribution in [1.82, 2.24) is 19.9 Å². The first-order chi connectivity index (χ1) is 33.8. The monoisotopic (exact) mass is 1010 g/mol. The molecule has 0 aliphatic rings. The van der Waals surface area contributed by atoms with Crippen molar-refractivity contribution in [3.8, 4) is 22.6 Å². The van der Waals surface area contributed by atoms with Gasteiger partial charge in [0.05, 0.1) is 54.0 Å². The van der Waals surface area contributed by atoms with E-state index in [2.05, 4.69) is 15.6 Å². The zero-order chi connectivity index (χ0) is 51.6. The van der Waals surface area contributed by atoms with Gasteiger partial charge in [-0.3, -0.25) is 19.4 Å². The number of ether oxygens (including phenoxy) is 4. The Hall–Kier alpha value is -5.76. The lowest BCUT2D eigenvalue weighted by molar-refractivity contribution is -0.136. The van der Waals surface area contributed by atoms with Crippen LogP contribution >= 0.6 is 0 Å². The SMILES string of the molecule is CCc1cnc2c(C(F)(F)F)cccc2c1-c1cccc(Oc2cccc(S(=O)(=O)N(C)CCNC(=O)[C@H](CCCCN)CC(=O)[C@H](Cc3ccccc3)NC(=O)COCCOCCOC(C)(C)C)c2)c1. The van der Waals surface area contributed by atoms with Gasteiger partial charge >= 0.3 is 6.18 Å². The summed E-state index contributed by atoms with van der Waals surface area (Å²) in [6, 6.07) is 24.9. The fraction of sp³-hybridized carbons (Fsp3) is 0.434. The van der Waals surface area contributed by atoms with Gasteiger partial charge in [-0.25, -0.2) is 8.42 Å². The van der Waals surface area contributed by atoms with Gasteiger partial charge in [0.25, 0.3) is 0 Å². The highest BCUT2D eigenvalue weighted by molar-refractivity contribution is 7.89. The summed E-state index contributed by atoms with van der Waals surface area (Å²) in [7, 11) is -2.73. The lowest BCUT2D eigenvalue weighted by atomic mass is 9.90. The summed E-state index contributed by atoms with van der Waals surface area (Å²) in [5.74, 6) is -1.54. The van der Waals surface area contributed by atoms with Crippen molar-refractivity contribution in [2.75, 3.05) is 59.7 Å². The molecule has 1 aromatic heterocycles. The van der Waals surface area contributed by atoms with E-state index in [-0.39, 0.29) is 73.3 Å². The Labute approximate surface area is 414 Å². The molecule has 0 saturated heterocycles. The number of carbonyl (C=O) groups excluding carboxylic acids is 3. The van der Waals surface area contributed by atoms with Crippen molar-refractivity contribution in [2.45, 2.75) is 88.9 Å². The van der Waals surface area contributed by atoms with Gasteiger partial charge in [-0.15, -0.1) is 0 Å². The smallest absolute Gasteiger partial charge is 0.418 e. The number of rotatable bonds is 28. The molecule has 0 bridgehead atoms. The van der Waals surface area contributed by atoms with Crippen LogP contribution in [0.15, 0.2) is 108 Å². The molecule has 5 rings (SSSR count). The molecule has 2 amide bonds. The van der Waals surface area contributed by atoms with Crippen LogP contribution in [0.4, 0.5) is 13.2 Å². The van der Waals surface area contributed by atoms with Crippen LogP contribution in [0.3, 0.4) is 0 Å². The van der Waals surface area contributed by atoms with E-state index < -0.39 is 45.5 Å². The molecule has 1 heterocycles. The minimum atomic E-state index is -4.60. The van der Waals surface area contributed by atoms with Crippen molar-refractivity contribution < 1.29 is 54.9 Å². The number of Topliss-reactive ketones (excluding diaryl/α,β-unsaturated/α-hetero) is 1. The van der Waals surface area contributed by atoms with Gasteiger partial charge in [-0.1, -0.05) is 74.0 Å². The summed E-state index contributed by atoms with van der Waals surface area (Å²) in [4.78, 5) is 44.8. The number of benzene rings is 4. The van der Waals surface area contributed by atoms with Crippen LogP contribution in [0.5, 0.6) is 11.5 Å². The van der Waals surface area contributed by atoms with E-state index in [9.17, 15) is 36.0 Å². The van der Waals surface area contributed by atoms with Crippen molar-refractivity contribution in [2.24, 2.45) is 11.7 Å². The number of nitrogens with zero attached hydrogens (tertiary/aromatic N) is 2. The number of aryl methyl sites for hydroxylation is 1. The largest absolute Gasteiger partial charge is 0.457 e. The number of carbonyl (C=O) groups is 3. The normalized spacial score (nSPS) is 13.0. The number of hydrogen-bond acceptors (Lipinski definition) is 11. The van der Waals surface area contributed by atoms with Gasteiger partial charge in [0.1, 0.15) is 18.1 Å². The summed E-state index contributed by atoms with van der Waals surface area (Å²) in [5, 5.41) is 5.95. The Balaban J connectivity index is 1.20. The van der Waals surface area contributed by atoms with E-state index >= 15 is 0 Å². The van der Waals surface area contributed by atoms with Crippen molar-refractivity contribution in [3.63, 3.8) is 0 Å². The van der Waals surface area contributed by atoms with Gasteiger partial charge in [-0.05, 0) is 106 Å². The molecule has 0 fully saturated rings. The number of amides is 2. The zero-order valence-electron chi connectivity index (χ0n) is 41.1. The van der Waals surface area contributed by atoms with E-state index in [1.54, 1.807) is 36.4 Å². The quantitative estimate of drug-likeness (QED) is 0.0409. The highest BCUT2D eigenvalue weighted by Gasteiger charge is 2.34. The molecule has 0 aliphatic carbocycles. The second-order valence-electron chi connectivity index (χ2n) is 18.0. The molecular weight excluding hydrogens is 940 g/mol. The molecule has 0 aliphatic heterocycles. The van der Waals surface area contributed by atoms with E-state index in [4.69, 9.17) is 24.7 Å². The number of unbranched alkanes of at least 4 members (excludes halogenated alkanes) is 1. The average Bonchev–Trinajstić information content (AvgIpc) is 3.33. The molecule has 384 valence electrons. The highest BCUT2D eigenvalue weighted by atomic mass is 32.2. The fourth-order valence-corrected chi connectivity index (χ4v) is 9.01. The third-order valence-corrected chi connectivity index (χ3v) is 13.3. The van der Waals surface area contributed by atoms with Crippen LogP contribution in [-0.4, -0.2) is 107 Å². The van der Waals surface area contributed by atoms with E-state index in [1.165, 1.54) is 37.5 Å². The Bertz CT molecular complexity index is 2650. The summed E-state index contributed by atoms with van der Waals surface area (Å²) in [6.45, 7) is 8.86. The number of hydrogen-bond donors (Lipinski definition) is 3. The van der Waals surface area contributed by atoms with Crippen LogP contribution in [0.1, 0.15) is 70.1 Å². The Kier molecular flexibility index (Phi) is 21.1. The van der Waals surface area contributed by atoms with Gasteiger partial charge < -0.3 is 35.3 Å². The summed E-state index contributed by atoms with van der Waals surface area (Å²) in [6.07, 6.45) is -1.10. The minimum absolute atomic E-state index is 0.0676. The number of aromatic nitrogens is 1. The molecule has 0 spiro atoms. The number of pyridine rings is 1. The molecule has 14 nitrogen and oxygen atoms in total. The summed E-state index contributed by atoms with van der Waals surface area (Å²) < 4.78 is 93.4. The number of fused-ring (bicyclic) bond motifs is 1. The van der Waals surface area contributed by atoms with Gasteiger partial charge in [0.15, 0.2) is 5.78 Å². The predicted octanol–water partition coefficient (Wildman–Crippen LogP) is 8.29. The number of halogens is 3. The number of nitrogens with one attached hydrogen (secondary N) is 2. The molecule has 0 radical (unpaired) electrons. The van der Waals surface area contributed by atoms with Gasteiger partial charge in [0, 0.05) is 50.1 Å². The molecule has 71 heavy (non-hydrogen) atoms. The van der Waals surface area contributed by atoms with Crippen molar-refractivity contribution >= 4 is 38.5 Å². The van der Waals surface area contributed by atoms with Gasteiger partial charge in [0.2, 0.25) is 21.8 Å². The van der Waals surface area contributed by atoms with Crippen LogP contribution < -0.4 is 21.1 Å². The first kappa shape index (κ1) is 56.2. The maximum atomic E-state index is 14.0. The van der Waals surface area contributed by atoms with Crippen LogP contribution in [0.25, 0.3) is 22.0 Å². The number of likely N-dealkylation sites (N-methyl/N-ethyl adjacent to an activating group) is 1. The van der Waals surface area contributed by atoms with E-state index in [1.807, 2.05) is 58.0 Å². The number of sulfonamides is 1. The molecule has 0 saturated carbocycles. The molecule has 2 atom stereocenters. The van der Waals surface area contributed by atoms with Crippen molar-refractivity contribution in [1.29, 1.82) is 0 Å². The fourth-order valence-electron chi connectivity index (χ4n) is 7.80. The average molecular weight is 1010 g/mol. The van der Waals surface area contributed by atoms with Gasteiger partial charge in [-0.2, -0.15) is 17.5 Å². The van der Waals surface area contributed by atoms with Crippen LogP contribution in [0.2, 0.25) is 0 Å². The number of nitrogens with two attached hydrogens (primary N) is 1. The molecule has 4 N–H and O–H groups in total. The zero-order valence-corrected chi connectivity index (χ0v) is 41.9. The van der Waals surface area contributed by atoms with E-state index in [0.29, 0.717) is 67.7 Å². The number of alkyl halides is 3. The number of para-hydroxylation sites is 1. The predicted molar refractivity (Wildman–Crippen MR) is 266 cm³/mol. The molecule has 4 aromatic carbocycles. The lowest BCUT2D eigenvalue weighted by Crippen LogP contribution is -2.46. The second-order valence-corrected chi connectivity index (χ2v) is 20.1. The standard InChI is InChI=1S/C53H66F3N5O9S/c1-6-38-35-59-50-44(22-14-23-45(50)53(54,55)56)49(38)39-18-12-19-41(32-39)70-42-20-13-21-43(34-42)71(65,66)61(5)26-25-58-51(64)40(17-10-11-24-57)33-47(62)46(31-37-15-8-7-9-16-37)60-48(63)36-68-28-27-67-29-30-69-52(2,3)4/h7-9,12-16,18-23,32,34-35,40,46H,6,10-11,17,24-31,33,36,57H2,1-5H3,(H,58,64)(H,60,63)/t40-,46+/m1/s1. The highest BCUT2D eigenvalue weighted by Crippen LogP contribution is 2.40. The third-order valence-electron chi connectivity index (χ3n) is 11.5. The lowest BCUT2D eigenvalue weighted by Gasteiger charge is -2.22. The third kappa shape index (κ3) is 17.2. The molecule has 18 heteroatoms. The second kappa shape index (κ2) is 26.6. The summed E-state index contributed by atoms with van der Waals surface area (Å²) >= 11 is 0. The first-order valence-electron chi connectivity index (χ1n) is 23.8. The topological polar surface area (TPSA) is 188 Å². The molecule has 5 aromatic rings. The maximum absolute atomic E-state index is 14.0. The minimum Gasteiger partial charge on any atom is -0.457 e. The first-order valence-corrected chi connectivity index (χ1v) is 25.2. The maximum Gasteiger partial charge on any atom is 0.418 e. The Morgan fingerprint density at radius 1 is 0.845 bits per heavy atom. The number of ketones is 1. The Morgan fingerprint density at radius 3 is 2.24 bits per heavy atom. The molecular formula is C53H66F3N5O9S. The van der Waals surface area contributed by atoms with E-state index in [0.717, 1.165) is 21.5 Å².